The molecule has 5 heteroatoms. The zero-order chi connectivity index (χ0) is 16.7. The first-order chi connectivity index (χ1) is 11.1. The molecule has 0 aromatic heterocycles. The number of halogens is 1. The minimum atomic E-state index is -0.130. The average Bonchev–Trinajstić information content (AvgIpc) is 2.59. The molecular weight excluding hydrogens is 312 g/mol. The predicted octanol–water partition coefficient (Wildman–Crippen LogP) is 3.64. The molecule has 0 radical (unpaired) electrons. The minimum absolute atomic E-state index is 0.130. The summed E-state index contributed by atoms with van der Waals surface area (Å²) in [4.78, 5) is 26.0. The van der Waals surface area contributed by atoms with Crippen molar-refractivity contribution in [1.29, 1.82) is 0 Å². The number of amides is 2. The Bertz CT molecular complexity index is 524. The van der Waals surface area contributed by atoms with Crippen molar-refractivity contribution in [3.05, 3.63) is 34.9 Å². The van der Waals surface area contributed by atoms with E-state index in [4.69, 9.17) is 11.6 Å². The van der Waals surface area contributed by atoms with Gasteiger partial charge in [0.1, 0.15) is 0 Å². The van der Waals surface area contributed by atoms with Gasteiger partial charge in [-0.1, -0.05) is 30.9 Å². The molecule has 126 valence electrons. The van der Waals surface area contributed by atoms with E-state index >= 15 is 0 Å². The number of nitrogens with one attached hydrogen (secondary N) is 1. The van der Waals surface area contributed by atoms with Crippen molar-refractivity contribution in [1.82, 2.24) is 10.2 Å². The second kappa shape index (κ2) is 8.92. The molecule has 1 aromatic rings. The smallest absolute Gasteiger partial charge is 0.251 e. The highest BCUT2D eigenvalue weighted by Gasteiger charge is 2.21. The van der Waals surface area contributed by atoms with Crippen molar-refractivity contribution in [2.24, 2.45) is 0 Å². The van der Waals surface area contributed by atoms with E-state index in [2.05, 4.69) is 5.32 Å². The first-order valence-electron chi connectivity index (χ1n) is 8.37. The molecule has 0 atom stereocenters. The Kier molecular flexibility index (Phi) is 6.90. The first-order valence-corrected chi connectivity index (χ1v) is 8.75. The Morgan fingerprint density at radius 1 is 1.17 bits per heavy atom. The molecule has 0 spiro atoms. The highest BCUT2D eigenvalue weighted by atomic mass is 35.5. The number of rotatable bonds is 6. The van der Waals surface area contributed by atoms with Crippen molar-refractivity contribution >= 4 is 23.4 Å². The van der Waals surface area contributed by atoms with E-state index < -0.39 is 0 Å². The van der Waals surface area contributed by atoms with Crippen molar-refractivity contribution < 1.29 is 9.59 Å². The summed E-state index contributed by atoms with van der Waals surface area (Å²) in [5, 5.41) is 3.45. The van der Waals surface area contributed by atoms with Gasteiger partial charge in [0.2, 0.25) is 5.91 Å². The van der Waals surface area contributed by atoms with Crippen LogP contribution in [0.1, 0.15) is 55.3 Å². The van der Waals surface area contributed by atoms with Crippen LogP contribution >= 0.6 is 11.6 Å². The fraction of sp³-hybridized carbons (Fsp3) is 0.556. The molecule has 0 aliphatic heterocycles. The Labute approximate surface area is 143 Å². The van der Waals surface area contributed by atoms with Gasteiger partial charge >= 0.3 is 0 Å². The zero-order valence-electron chi connectivity index (χ0n) is 13.7. The number of nitrogens with zero attached hydrogens (tertiary/aromatic N) is 1. The molecule has 1 N–H and O–H groups in total. The molecule has 2 amide bonds. The minimum Gasteiger partial charge on any atom is -0.352 e. The molecule has 23 heavy (non-hydrogen) atoms. The largest absolute Gasteiger partial charge is 0.352 e. The van der Waals surface area contributed by atoms with Gasteiger partial charge in [0.05, 0.1) is 0 Å². The fourth-order valence-corrected chi connectivity index (χ4v) is 3.12. The lowest BCUT2D eigenvalue weighted by molar-refractivity contribution is -0.132. The molecule has 1 fully saturated rings. The number of hydrogen-bond acceptors (Lipinski definition) is 2. The van der Waals surface area contributed by atoms with Crippen molar-refractivity contribution in [3.63, 3.8) is 0 Å². The normalized spacial score (nSPS) is 15.2. The summed E-state index contributed by atoms with van der Waals surface area (Å²) in [6.45, 7) is 0.506. The topological polar surface area (TPSA) is 49.4 Å². The Balaban J connectivity index is 1.67. The monoisotopic (exact) mass is 336 g/mol. The van der Waals surface area contributed by atoms with Gasteiger partial charge in [-0.3, -0.25) is 9.59 Å². The third-order valence-corrected chi connectivity index (χ3v) is 4.73. The van der Waals surface area contributed by atoms with Crippen LogP contribution in [-0.2, 0) is 4.79 Å². The van der Waals surface area contributed by atoms with Crippen LogP contribution in [0.2, 0.25) is 5.02 Å². The molecule has 2 rings (SSSR count). The summed E-state index contributed by atoms with van der Waals surface area (Å²) in [7, 11) is 1.91. The van der Waals surface area contributed by atoms with Gasteiger partial charge in [0, 0.05) is 36.6 Å². The van der Waals surface area contributed by atoms with Gasteiger partial charge in [-0.25, -0.2) is 0 Å². The van der Waals surface area contributed by atoms with Crippen LogP contribution < -0.4 is 5.32 Å². The van der Waals surface area contributed by atoms with Gasteiger partial charge in [0.25, 0.3) is 5.91 Å². The third kappa shape index (κ3) is 5.54. The average molecular weight is 337 g/mol. The standard InChI is InChI=1S/C18H25ClN2O2/c1-21(16-6-3-2-4-7-16)17(22)8-5-13-20-18(23)14-9-11-15(19)12-10-14/h9-12,16H,2-8,13H2,1H3,(H,20,23). The maximum absolute atomic E-state index is 12.2. The van der Waals surface area contributed by atoms with Crippen LogP contribution in [0.4, 0.5) is 0 Å². The van der Waals surface area contributed by atoms with E-state index in [0.717, 1.165) is 12.8 Å². The first kappa shape index (κ1) is 17.8. The molecule has 0 unspecified atom stereocenters. The molecule has 0 heterocycles. The SMILES string of the molecule is CN(C(=O)CCCNC(=O)c1ccc(Cl)cc1)C1CCCCC1. The predicted molar refractivity (Wildman–Crippen MR) is 92.7 cm³/mol. The summed E-state index contributed by atoms with van der Waals surface area (Å²) in [6.07, 6.45) is 7.11. The van der Waals surface area contributed by atoms with Crippen LogP contribution in [0.15, 0.2) is 24.3 Å². The van der Waals surface area contributed by atoms with Gasteiger partial charge in [-0.2, -0.15) is 0 Å². The Morgan fingerprint density at radius 3 is 2.48 bits per heavy atom. The van der Waals surface area contributed by atoms with Crippen LogP contribution in [-0.4, -0.2) is 36.3 Å². The van der Waals surface area contributed by atoms with Crippen LogP contribution in [0.3, 0.4) is 0 Å². The highest BCUT2D eigenvalue weighted by Crippen LogP contribution is 2.22. The summed E-state index contributed by atoms with van der Waals surface area (Å²) in [5.41, 5.74) is 0.583. The highest BCUT2D eigenvalue weighted by molar-refractivity contribution is 6.30. The number of hydrogen-bond donors (Lipinski definition) is 1. The maximum atomic E-state index is 12.2. The molecular formula is C18H25ClN2O2. The van der Waals surface area contributed by atoms with Gasteiger partial charge in [-0.15, -0.1) is 0 Å². The molecule has 0 bridgehead atoms. The van der Waals surface area contributed by atoms with Crippen LogP contribution in [0, 0.1) is 0 Å². The van der Waals surface area contributed by atoms with Gasteiger partial charge in [-0.05, 0) is 43.5 Å². The quantitative estimate of drug-likeness (QED) is 0.806. The molecule has 1 saturated carbocycles. The lowest BCUT2D eigenvalue weighted by Gasteiger charge is -2.31. The number of benzene rings is 1. The number of carbonyl (C=O) groups excluding carboxylic acids is 2. The van der Waals surface area contributed by atoms with E-state index in [1.807, 2.05) is 11.9 Å². The lowest BCUT2D eigenvalue weighted by Crippen LogP contribution is -2.38. The Morgan fingerprint density at radius 2 is 1.83 bits per heavy atom. The zero-order valence-corrected chi connectivity index (χ0v) is 14.4. The number of carbonyl (C=O) groups is 2. The summed E-state index contributed by atoms with van der Waals surface area (Å²) in [6, 6.07) is 7.18. The summed E-state index contributed by atoms with van der Waals surface area (Å²) >= 11 is 5.80. The van der Waals surface area contributed by atoms with Crippen molar-refractivity contribution in [3.8, 4) is 0 Å². The molecule has 0 saturated heterocycles. The van der Waals surface area contributed by atoms with Crippen LogP contribution in [0.25, 0.3) is 0 Å². The van der Waals surface area contributed by atoms with E-state index in [0.29, 0.717) is 36.0 Å². The van der Waals surface area contributed by atoms with E-state index in [1.165, 1.54) is 19.3 Å². The molecule has 1 aliphatic rings. The molecule has 1 aromatic carbocycles. The summed E-state index contributed by atoms with van der Waals surface area (Å²) < 4.78 is 0. The summed E-state index contributed by atoms with van der Waals surface area (Å²) in [5.74, 6) is 0.0485. The van der Waals surface area contributed by atoms with Crippen molar-refractivity contribution in [2.45, 2.75) is 51.0 Å². The second-order valence-corrected chi connectivity index (χ2v) is 6.60. The fourth-order valence-electron chi connectivity index (χ4n) is 2.99. The van der Waals surface area contributed by atoms with Crippen LogP contribution in [0.5, 0.6) is 0 Å². The molecule has 1 aliphatic carbocycles. The van der Waals surface area contributed by atoms with Gasteiger partial charge < -0.3 is 10.2 Å². The van der Waals surface area contributed by atoms with E-state index in [-0.39, 0.29) is 11.8 Å². The Hall–Kier alpha value is -1.55. The van der Waals surface area contributed by atoms with Crippen molar-refractivity contribution in [2.75, 3.05) is 13.6 Å². The maximum Gasteiger partial charge on any atom is 0.251 e. The second-order valence-electron chi connectivity index (χ2n) is 6.16. The third-order valence-electron chi connectivity index (χ3n) is 4.48. The lowest BCUT2D eigenvalue weighted by atomic mass is 9.94. The van der Waals surface area contributed by atoms with E-state index in [9.17, 15) is 9.59 Å². The van der Waals surface area contributed by atoms with E-state index in [1.54, 1.807) is 24.3 Å². The van der Waals surface area contributed by atoms with Gasteiger partial charge in [0.15, 0.2) is 0 Å². The molecule has 4 nitrogen and oxygen atoms in total.